The molecule has 1 amide bonds. The van der Waals surface area contributed by atoms with Gasteiger partial charge in [0.25, 0.3) is 5.56 Å². The molecule has 5 rings (SSSR count). The molecular weight excluding hydrogens is 394 g/mol. The number of carbonyl (C=O) groups is 1. The number of aryl methyl sites for hydroxylation is 1. The minimum absolute atomic E-state index is 0.00277. The summed E-state index contributed by atoms with van der Waals surface area (Å²) in [7, 11) is 0. The van der Waals surface area contributed by atoms with E-state index in [9.17, 15) is 14.4 Å². The number of imidazole rings is 1. The molecular formula is C23H23N5O3. The van der Waals surface area contributed by atoms with Crippen LogP contribution in [-0.2, 0) is 11.3 Å². The molecule has 0 aliphatic carbocycles. The monoisotopic (exact) mass is 417 g/mol. The number of aromatic amines is 2. The van der Waals surface area contributed by atoms with Gasteiger partial charge in [-0.25, -0.2) is 9.78 Å². The summed E-state index contributed by atoms with van der Waals surface area (Å²) in [6, 6.07) is 14.9. The van der Waals surface area contributed by atoms with E-state index in [1.165, 1.54) is 4.57 Å². The van der Waals surface area contributed by atoms with Crippen LogP contribution in [0, 0.1) is 0 Å². The predicted octanol–water partition coefficient (Wildman–Crippen LogP) is 2.36. The summed E-state index contributed by atoms with van der Waals surface area (Å²) in [6.45, 7) is 1.54. The molecule has 2 aromatic carbocycles. The van der Waals surface area contributed by atoms with Crippen molar-refractivity contribution in [1.82, 2.24) is 24.4 Å². The molecule has 1 unspecified atom stereocenters. The highest BCUT2D eigenvalue weighted by Crippen LogP contribution is 2.27. The van der Waals surface area contributed by atoms with E-state index in [1.54, 1.807) is 24.3 Å². The third-order valence-corrected chi connectivity index (χ3v) is 6.02. The lowest BCUT2D eigenvalue weighted by atomic mass is 9.97. The van der Waals surface area contributed by atoms with Crippen LogP contribution in [0.4, 0.5) is 0 Å². The van der Waals surface area contributed by atoms with Gasteiger partial charge in [0.1, 0.15) is 5.82 Å². The maximum absolute atomic E-state index is 12.9. The lowest BCUT2D eigenvalue weighted by molar-refractivity contribution is -0.132. The van der Waals surface area contributed by atoms with Gasteiger partial charge < -0.3 is 9.88 Å². The average Bonchev–Trinajstić information content (AvgIpc) is 3.23. The highest BCUT2D eigenvalue weighted by molar-refractivity contribution is 5.79. The zero-order chi connectivity index (χ0) is 21.4. The highest BCUT2D eigenvalue weighted by Gasteiger charge is 2.26. The smallest absolute Gasteiger partial charge is 0.328 e. The molecule has 0 saturated carbocycles. The zero-order valence-electron chi connectivity index (χ0n) is 17.0. The molecule has 3 heterocycles. The second-order valence-electron chi connectivity index (χ2n) is 8.00. The van der Waals surface area contributed by atoms with Gasteiger partial charge >= 0.3 is 5.69 Å². The minimum atomic E-state index is -0.490. The van der Waals surface area contributed by atoms with Crippen molar-refractivity contribution in [1.29, 1.82) is 0 Å². The number of para-hydroxylation sites is 3. The number of hydrogen-bond acceptors (Lipinski definition) is 4. The number of amides is 1. The standard InChI is InChI=1S/C23H23N5O3/c29-20(11-13-28-19-10-4-1-7-16(19)22(30)26-23(28)31)27-12-5-6-15(14-27)21-24-17-8-2-3-9-18(17)25-21/h1-4,7-10,15H,5-6,11-14H2,(H,24,25)(H,26,30,31). The van der Waals surface area contributed by atoms with Gasteiger partial charge in [-0.3, -0.25) is 19.1 Å². The Kier molecular flexibility index (Phi) is 4.89. The van der Waals surface area contributed by atoms with E-state index in [4.69, 9.17) is 4.98 Å². The summed E-state index contributed by atoms with van der Waals surface area (Å²) < 4.78 is 1.47. The third-order valence-electron chi connectivity index (χ3n) is 6.02. The van der Waals surface area contributed by atoms with Gasteiger partial charge in [-0.1, -0.05) is 24.3 Å². The predicted molar refractivity (Wildman–Crippen MR) is 118 cm³/mol. The first kappa shape index (κ1) is 19.3. The number of carbonyl (C=O) groups excluding carboxylic acids is 1. The quantitative estimate of drug-likeness (QED) is 0.532. The number of H-pyrrole nitrogens is 2. The molecule has 1 aliphatic rings. The largest absolute Gasteiger partial charge is 0.342 e. The summed E-state index contributed by atoms with van der Waals surface area (Å²) in [5.74, 6) is 1.09. The van der Waals surface area contributed by atoms with E-state index in [0.717, 1.165) is 29.7 Å². The Labute approximate surface area is 177 Å². The van der Waals surface area contributed by atoms with E-state index >= 15 is 0 Å². The van der Waals surface area contributed by atoms with Gasteiger partial charge in [-0.05, 0) is 37.1 Å². The Morgan fingerprint density at radius 1 is 1.06 bits per heavy atom. The van der Waals surface area contributed by atoms with Crippen molar-refractivity contribution >= 4 is 27.8 Å². The first-order chi connectivity index (χ1) is 15.1. The van der Waals surface area contributed by atoms with Crippen LogP contribution in [0.2, 0.25) is 0 Å². The average molecular weight is 417 g/mol. The summed E-state index contributed by atoms with van der Waals surface area (Å²) in [5.41, 5.74) is 1.58. The van der Waals surface area contributed by atoms with Crippen LogP contribution in [0.15, 0.2) is 58.1 Å². The third kappa shape index (κ3) is 3.65. The molecule has 2 aromatic heterocycles. The molecule has 1 aliphatic heterocycles. The van der Waals surface area contributed by atoms with Crippen LogP contribution in [0.25, 0.3) is 21.9 Å². The number of piperidine rings is 1. The lowest BCUT2D eigenvalue weighted by Crippen LogP contribution is -2.40. The molecule has 158 valence electrons. The first-order valence-corrected chi connectivity index (χ1v) is 10.5. The number of nitrogens with zero attached hydrogens (tertiary/aromatic N) is 3. The SMILES string of the molecule is O=C(CCn1c(=O)[nH]c(=O)c2ccccc21)N1CCCC(c2nc3ccccc3[nH]2)C1. The summed E-state index contributed by atoms with van der Waals surface area (Å²) >= 11 is 0. The van der Waals surface area contributed by atoms with Crippen molar-refractivity contribution in [3.63, 3.8) is 0 Å². The number of hydrogen-bond donors (Lipinski definition) is 2. The van der Waals surface area contributed by atoms with Crippen LogP contribution in [0.3, 0.4) is 0 Å². The molecule has 2 N–H and O–H groups in total. The molecule has 1 atom stereocenters. The fraction of sp³-hybridized carbons (Fsp3) is 0.304. The van der Waals surface area contributed by atoms with Crippen LogP contribution >= 0.6 is 0 Å². The van der Waals surface area contributed by atoms with Gasteiger partial charge in [-0.15, -0.1) is 0 Å². The topological polar surface area (TPSA) is 104 Å². The first-order valence-electron chi connectivity index (χ1n) is 10.5. The van der Waals surface area contributed by atoms with Crippen molar-refractivity contribution in [2.75, 3.05) is 13.1 Å². The van der Waals surface area contributed by atoms with Crippen LogP contribution in [0.1, 0.15) is 31.0 Å². The Balaban J connectivity index is 1.31. The van der Waals surface area contributed by atoms with E-state index in [2.05, 4.69) is 9.97 Å². The maximum atomic E-state index is 12.9. The summed E-state index contributed by atoms with van der Waals surface area (Å²) in [5, 5.41) is 0.442. The van der Waals surface area contributed by atoms with Crippen LogP contribution < -0.4 is 11.2 Å². The normalized spacial score (nSPS) is 16.8. The van der Waals surface area contributed by atoms with Crippen LogP contribution in [0.5, 0.6) is 0 Å². The molecule has 8 nitrogen and oxygen atoms in total. The lowest BCUT2D eigenvalue weighted by Gasteiger charge is -2.32. The number of rotatable bonds is 4. The van der Waals surface area contributed by atoms with Gasteiger partial charge in [0.15, 0.2) is 0 Å². The molecule has 1 saturated heterocycles. The highest BCUT2D eigenvalue weighted by atomic mass is 16.2. The van der Waals surface area contributed by atoms with Gasteiger partial charge in [-0.2, -0.15) is 0 Å². The summed E-state index contributed by atoms with van der Waals surface area (Å²) in [4.78, 5) is 49.6. The Bertz CT molecular complexity index is 1350. The summed E-state index contributed by atoms with van der Waals surface area (Å²) in [6.07, 6.45) is 2.09. The molecule has 0 spiro atoms. The van der Waals surface area contributed by atoms with E-state index in [0.29, 0.717) is 24.0 Å². The zero-order valence-corrected chi connectivity index (χ0v) is 17.0. The van der Waals surface area contributed by atoms with Crippen molar-refractivity contribution in [2.24, 2.45) is 0 Å². The second kappa shape index (κ2) is 7.86. The van der Waals surface area contributed by atoms with Gasteiger partial charge in [0.2, 0.25) is 5.91 Å². The number of fused-ring (bicyclic) bond motifs is 2. The minimum Gasteiger partial charge on any atom is -0.342 e. The van der Waals surface area contributed by atoms with Crippen molar-refractivity contribution in [2.45, 2.75) is 31.7 Å². The molecule has 0 bridgehead atoms. The molecule has 31 heavy (non-hydrogen) atoms. The molecule has 4 aromatic rings. The molecule has 0 radical (unpaired) electrons. The Hall–Kier alpha value is -3.68. The number of nitrogens with one attached hydrogen (secondary N) is 2. The number of aromatic nitrogens is 4. The van der Waals surface area contributed by atoms with Crippen molar-refractivity contribution < 1.29 is 4.79 Å². The van der Waals surface area contributed by atoms with Crippen molar-refractivity contribution in [3.8, 4) is 0 Å². The molecule has 8 heteroatoms. The van der Waals surface area contributed by atoms with Crippen LogP contribution in [-0.4, -0.2) is 43.4 Å². The van der Waals surface area contributed by atoms with Crippen molar-refractivity contribution in [3.05, 3.63) is 75.2 Å². The van der Waals surface area contributed by atoms with E-state index in [-0.39, 0.29) is 24.8 Å². The number of benzene rings is 2. The fourth-order valence-electron chi connectivity index (χ4n) is 4.42. The molecule has 1 fully saturated rings. The second-order valence-corrected chi connectivity index (χ2v) is 8.00. The van der Waals surface area contributed by atoms with E-state index in [1.807, 2.05) is 29.2 Å². The Morgan fingerprint density at radius 3 is 2.74 bits per heavy atom. The fourth-order valence-corrected chi connectivity index (χ4v) is 4.42. The van der Waals surface area contributed by atoms with Gasteiger partial charge in [0, 0.05) is 32.0 Å². The maximum Gasteiger partial charge on any atom is 0.328 e. The number of likely N-dealkylation sites (tertiary alicyclic amines) is 1. The Morgan fingerprint density at radius 2 is 1.87 bits per heavy atom. The van der Waals surface area contributed by atoms with E-state index < -0.39 is 11.2 Å². The van der Waals surface area contributed by atoms with Gasteiger partial charge in [0.05, 0.1) is 21.9 Å².